The molecule has 6 heteroatoms. The van der Waals surface area contributed by atoms with Crippen molar-refractivity contribution in [2.24, 2.45) is 0 Å². The first-order chi connectivity index (χ1) is 31.0. The molecule has 0 N–H and O–H groups in total. The van der Waals surface area contributed by atoms with E-state index in [1.165, 1.54) is 86.2 Å². The summed E-state index contributed by atoms with van der Waals surface area (Å²) in [6.07, 6.45) is 0. The Bertz CT molecular complexity index is 3720. The molecule has 0 unspecified atom stereocenters. The molecule has 11 aromatic rings. The first-order valence-corrected chi connectivity index (χ1v) is 23.3. The van der Waals surface area contributed by atoms with Gasteiger partial charge >= 0.3 is 0 Å². The predicted octanol–water partition coefficient (Wildman–Crippen LogP) is 14.1. The fraction of sp³-hybridized carbons (Fsp3) is 0.138. The molecule has 0 spiro atoms. The van der Waals surface area contributed by atoms with E-state index in [0.29, 0.717) is 0 Å². The van der Waals surface area contributed by atoms with Crippen LogP contribution in [0.4, 0.5) is 17.1 Å². The number of hydrogen-bond donors (Lipinski definition) is 0. The summed E-state index contributed by atoms with van der Waals surface area (Å²) in [6, 6.07) is 62.9. The Morgan fingerprint density at radius 3 is 1.89 bits per heavy atom. The van der Waals surface area contributed by atoms with Crippen molar-refractivity contribution < 1.29 is 4.74 Å². The highest BCUT2D eigenvalue weighted by molar-refractivity contribution is 7.33. The number of hydrogen-bond acceptors (Lipinski definition) is 3. The second kappa shape index (κ2) is 13.3. The lowest BCUT2D eigenvalue weighted by atomic mass is 9.36. The van der Waals surface area contributed by atoms with Crippen molar-refractivity contribution in [1.29, 1.82) is 0 Å². The smallest absolute Gasteiger partial charge is 0.264 e. The van der Waals surface area contributed by atoms with Gasteiger partial charge in [0, 0.05) is 76.8 Å². The second-order valence-electron chi connectivity index (χ2n) is 19.8. The van der Waals surface area contributed by atoms with E-state index in [0.717, 1.165) is 34.2 Å². The van der Waals surface area contributed by atoms with E-state index in [-0.39, 0.29) is 17.5 Å². The summed E-state index contributed by atoms with van der Waals surface area (Å²) < 4.78 is 14.6. The molecule has 0 amide bonds. The van der Waals surface area contributed by atoms with Gasteiger partial charge in [0.2, 0.25) is 0 Å². The third-order valence-electron chi connectivity index (χ3n) is 13.8. The Kier molecular flexibility index (Phi) is 7.78. The van der Waals surface area contributed by atoms with E-state index in [9.17, 15) is 0 Å². The third kappa shape index (κ3) is 5.36. The van der Waals surface area contributed by atoms with Gasteiger partial charge in [0.25, 0.3) is 6.71 Å². The normalized spacial score (nSPS) is 13.4. The first kappa shape index (κ1) is 37.5. The highest BCUT2D eigenvalue weighted by atomic mass is 32.1. The molecule has 0 fully saturated rings. The molecule has 2 aliphatic rings. The molecule has 8 aromatic carbocycles. The maximum Gasteiger partial charge on any atom is 0.264 e. The topological polar surface area (TPSA) is 22.3 Å². The fourth-order valence-corrected chi connectivity index (χ4v) is 12.1. The summed E-state index contributed by atoms with van der Waals surface area (Å²) >= 11 is 1.96. The molecule has 13 rings (SSSR count). The lowest BCUT2D eigenvalue weighted by Crippen LogP contribution is -2.59. The molecule has 0 radical (unpaired) electrons. The monoisotopic (exact) mass is 843 g/mol. The van der Waals surface area contributed by atoms with Crippen LogP contribution in [0.3, 0.4) is 0 Å². The van der Waals surface area contributed by atoms with Gasteiger partial charge in [-0.15, -0.1) is 11.3 Å². The molecule has 0 saturated carbocycles. The minimum Gasteiger partial charge on any atom is -0.457 e. The van der Waals surface area contributed by atoms with Gasteiger partial charge in [-0.25, -0.2) is 0 Å². The van der Waals surface area contributed by atoms with E-state index < -0.39 is 0 Å². The van der Waals surface area contributed by atoms with E-state index >= 15 is 0 Å². The largest absolute Gasteiger partial charge is 0.457 e. The van der Waals surface area contributed by atoms with Gasteiger partial charge < -0.3 is 18.8 Å². The number of ether oxygens (including phenoxy) is 1. The van der Waals surface area contributed by atoms with E-state index in [1.807, 2.05) is 41.7 Å². The zero-order valence-electron chi connectivity index (χ0n) is 36.9. The maximum absolute atomic E-state index is 6.93. The summed E-state index contributed by atoms with van der Waals surface area (Å²) in [4.78, 5) is 2.56. The first-order valence-electron chi connectivity index (χ1n) is 22.5. The quantitative estimate of drug-likeness (QED) is 0.165. The highest BCUT2D eigenvalue weighted by Crippen LogP contribution is 2.49. The van der Waals surface area contributed by atoms with Crippen LogP contribution in [0, 0.1) is 0 Å². The minimum absolute atomic E-state index is 0.00705. The average molecular weight is 844 g/mol. The van der Waals surface area contributed by atoms with Crippen molar-refractivity contribution in [3.8, 4) is 22.9 Å². The van der Waals surface area contributed by atoms with Crippen LogP contribution in [0.25, 0.3) is 65.1 Å². The number of benzene rings is 8. The molecular weight excluding hydrogens is 798 g/mol. The number of para-hydroxylation sites is 4. The van der Waals surface area contributed by atoms with Crippen LogP contribution in [-0.4, -0.2) is 15.8 Å². The molecule has 0 aliphatic carbocycles. The Morgan fingerprint density at radius 1 is 0.469 bits per heavy atom. The average Bonchev–Trinajstić information content (AvgIpc) is 3.95. The molecule has 2 aliphatic heterocycles. The van der Waals surface area contributed by atoms with E-state index in [2.05, 4.69) is 195 Å². The number of rotatable bonds is 4. The van der Waals surface area contributed by atoms with Gasteiger partial charge in [0.05, 0.1) is 22.2 Å². The predicted molar refractivity (Wildman–Crippen MR) is 274 cm³/mol. The van der Waals surface area contributed by atoms with Crippen LogP contribution in [0.2, 0.25) is 0 Å². The summed E-state index contributed by atoms with van der Waals surface area (Å²) in [6.45, 7) is 13.8. The van der Waals surface area contributed by atoms with Gasteiger partial charge in [-0.05, 0) is 99.6 Å². The third-order valence-corrected chi connectivity index (χ3v) is 15.1. The molecule has 3 aromatic heterocycles. The van der Waals surface area contributed by atoms with Gasteiger partial charge in [-0.3, -0.25) is 0 Å². The van der Waals surface area contributed by atoms with Gasteiger partial charge in [0.1, 0.15) is 11.5 Å². The van der Waals surface area contributed by atoms with Gasteiger partial charge in [-0.1, -0.05) is 133 Å². The molecule has 308 valence electrons. The molecule has 0 bridgehead atoms. The van der Waals surface area contributed by atoms with Crippen LogP contribution < -0.4 is 25.3 Å². The van der Waals surface area contributed by atoms with Crippen molar-refractivity contribution in [3.05, 3.63) is 181 Å². The van der Waals surface area contributed by atoms with Crippen molar-refractivity contribution in [3.63, 3.8) is 0 Å². The Morgan fingerprint density at radius 2 is 1.12 bits per heavy atom. The number of fused-ring (bicyclic) bond motifs is 12. The van der Waals surface area contributed by atoms with Crippen molar-refractivity contribution >= 4 is 105 Å². The fourth-order valence-electron chi connectivity index (χ4n) is 10.8. The number of nitrogens with zero attached hydrogens (tertiary/aromatic N) is 3. The zero-order chi connectivity index (χ0) is 43.2. The SMILES string of the molecule is CC(C)(C)c1ccc(N2c3cc(Oc4ccccc4)cc4c3B(c3sc5ccc(C(C)(C)C)cc5c32)c2cccc3c5cc6c7ccccc7n(-c7ccccc7)c6cc5n-4c23)cc1. The summed E-state index contributed by atoms with van der Waals surface area (Å²) in [7, 11) is 0. The van der Waals surface area contributed by atoms with Crippen LogP contribution in [0.5, 0.6) is 11.5 Å². The van der Waals surface area contributed by atoms with Crippen molar-refractivity contribution in [1.82, 2.24) is 9.13 Å². The number of aromatic nitrogens is 2. The maximum atomic E-state index is 6.93. The summed E-state index contributed by atoms with van der Waals surface area (Å²) in [5, 5.41) is 6.33. The van der Waals surface area contributed by atoms with E-state index in [1.54, 1.807) is 0 Å². The minimum atomic E-state index is -0.00705. The number of anilines is 3. The molecule has 4 nitrogen and oxygen atoms in total. The Hall–Kier alpha value is -7.02. The van der Waals surface area contributed by atoms with Crippen molar-refractivity contribution in [2.75, 3.05) is 4.90 Å². The van der Waals surface area contributed by atoms with Crippen LogP contribution in [0.1, 0.15) is 52.7 Å². The standard InChI is InChI=1S/C58H46BN3OS/c1-57(2,3)35-24-27-38(28-25-35)61-50-31-40(63-39-18-11-8-12-19-39)32-51-53(50)59(56-55(61)45-30-36(58(4,5)6)26-29-52(45)64-56)46-22-15-21-42-44-33-43-41-20-13-14-23-47(41)60(37-16-9-7-10-17-37)48(43)34-49(44)62(51)54(42)46/h7-34H,1-6H3. The Balaban J connectivity index is 1.18. The zero-order valence-corrected chi connectivity index (χ0v) is 37.7. The Labute approximate surface area is 377 Å². The molecule has 0 atom stereocenters. The lowest BCUT2D eigenvalue weighted by molar-refractivity contribution is 0.483. The van der Waals surface area contributed by atoms with Gasteiger partial charge in [0.15, 0.2) is 0 Å². The molecule has 64 heavy (non-hydrogen) atoms. The van der Waals surface area contributed by atoms with Crippen molar-refractivity contribution in [2.45, 2.75) is 52.4 Å². The summed E-state index contributed by atoms with van der Waals surface area (Å²) in [5.74, 6) is 1.62. The van der Waals surface area contributed by atoms with Gasteiger partial charge in [-0.2, -0.15) is 0 Å². The molecule has 0 saturated heterocycles. The highest BCUT2D eigenvalue weighted by Gasteiger charge is 2.45. The van der Waals surface area contributed by atoms with Crippen LogP contribution in [0.15, 0.2) is 170 Å². The second-order valence-corrected chi connectivity index (χ2v) is 20.9. The summed E-state index contributed by atoms with van der Waals surface area (Å²) in [5.41, 5.74) is 16.0. The molecular formula is C58H46BN3OS. The molecule has 5 heterocycles. The van der Waals surface area contributed by atoms with Crippen LogP contribution in [-0.2, 0) is 10.8 Å². The van der Waals surface area contributed by atoms with Crippen LogP contribution >= 0.6 is 11.3 Å². The van der Waals surface area contributed by atoms with E-state index in [4.69, 9.17) is 4.74 Å². The number of thiophene rings is 1. The lowest BCUT2D eigenvalue weighted by Gasteiger charge is -2.39.